The van der Waals surface area contributed by atoms with Crippen LogP contribution in [-0.4, -0.2) is 59.5 Å². The van der Waals surface area contributed by atoms with E-state index < -0.39 is 29.7 Å². The second-order valence-electron chi connectivity index (χ2n) is 4.60. The molecule has 2 rings (SSSR count). The molecule has 0 radical (unpaired) electrons. The van der Waals surface area contributed by atoms with E-state index in [1.165, 1.54) is 11.0 Å². The molecule has 2 amide bonds. The summed E-state index contributed by atoms with van der Waals surface area (Å²) in [6, 6.07) is 3.31. The Bertz CT molecular complexity index is 551. The summed E-state index contributed by atoms with van der Waals surface area (Å²) in [5, 5.41) is 20.5. The fraction of sp³-hybridized carbons (Fsp3) is 0.385. The molecule has 0 saturated carbocycles. The first-order chi connectivity index (χ1) is 9.97. The SMILES string of the molecule is O=C(NCC1CN(C(=O)O)CCO1)c1ccc(O)c(F)c1. The molecule has 0 bridgehead atoms. The summed E-state index contributed by atoms with van der Waals surface area (Å²) in [6.07, 6.45) is -1.48. The number of aromatic hydroxyl groups is 1. The molecular formula is C13H15FN2O5. The monoisotopic (exact) mass is 298 g/mol. The van der Waals surface area contributed by atoms with Crippen molar-refractivity contribution in [3.8, 4) is 5.75 Å². The van der Waals surface area contributed by atoms with Crippen LogP contribution in [-0.2, 0) is 4.74 Å². The molecule has 114 valence electrons. The van der Waals surface area contributed by atoms with Gasteiger partial charge in [0, 0.05) is 18.7 Å². The van der Waals surface area contributed by atoms with Gasteiger partial charge in [-0.1, -0.05) is 0 Å². The maximum absolute atomic E-state index is 13.1. The summed E-state index contributed by atoms with van der Waals surface area (Å²) < 4.78 is 18.5. The van der Waals surface area contributed by atoms with Crippen LogP contribution >= 0.6 is 0 Å². The van der Waals surface area contributed by atoms with Gasteiger partial charge in [-0.25, -0.2) is 9.18 Å². The van der Waals surface area contributed by atoms with Gasteiger partial charge in [-0.05, 0) is 18.2 Å². The number of carboxylic acid groups (broad SMARTS) is 1. The molecule has 0 spiro atoms. The minimum atomic E-state index is -1.03. The molecule has 21 heavy (non-hydrogen) atoms. The number of hydrogen-bond acceptors (Lipinski definition) is 4. The lowest BCUT2D eigenvalue weighted by Gasteiger charge is -2.31. The van der Waals surface area contributed by atoms with Crippen LogP contribution in [0.15, 0.2) is 18.2 Å². The highest BCUT2D eigenvalue weighted by molar-refractivity contribution is 5.94. The maximum Gasteiger partial charge on any atom is 0.407 e. The van der Waals surface area contributed by atoms with Crippen LogP contribution in [0, 0.1) is 5.82 Å². The molecule has 1 aliphatic heterocycles. The van der Waals surface area contributed by atoms with Gasteiger partial charge in [0.05, 0.1) is 19.3 Å². The van der Waals surface area contributed by atoms with Crippen LogP contribution in [0.5, 0.6) is 5.75 Å². The molecule has 1 fully saturated rings. The van der Waals surface area contributed by atoms with Crippen molar-refractivity contribution in [1.82, 2.24) is 10.2 Å². The zero-order valence-corrected chi connectivity index (χ0v) is 11.1. The van der Waals surface area contributed by atoms with Gasteiger partial charge in [0.2, 0.25) is 0 Å². The Morgan fingerprint density at radius 3 is 2.90 bits per heavy atom. The summed E-state index contributed by atoms with van der Waals surface area (Å²) in [5.74, 6) is -1.93. The largest absolute Gasteiger partial charge is 0.505 e. The average Bonchev–Trinajstić information content (AvgIpc) is 2.48. The summed E-state index contributed by atoms with van der Waals surface area (Å²) in [7, 11) is 0. The van der Waals surface area contributed by atoms with Gasteiger partial charge < -0.3 is 25.2 Å². The van der Waals surface area contributed by atoms with Crippen molar-refractivity contribution in [2.75, 3.05) is 26.2 Å². The number of hydrogen-bond donors (Lipinski definition) is 3. The third-order valence-electron chi connectivity index (χ3n) is 3.11. The van der Waals surface area contributed by atoms with Crippen molar-refractivity contribution in [2.45, 2.75) is 6.10 Å². The molecule has 0 aliphatic carbocycles. The topological polar surface area (TPSA) is 99.1 Å². The Balaban J connectivity index is 1.88. The molecule has 1 atom stereocenters. The van der Waals surface area contributed by atoms with E-state index in [9.17, 15) is 14.0 Å². The zero-order valence-electron chi connectivity index (χ0n) is 11.1. The van der Waals surface area contributed by atoms with E-state index in [4.69, 9.17) is 14.9 Å². The number of phenols is 1. The third-order valence-corrected chi connectivity index (χ3v) is 3.11. The van der Waals surface area contributed by atoms with Crippen LogP contribution < -0.4 is 5.32 Å². The highest BCUT2D eigenvalue weighted by Crippen LogP contribution is 2.16. The van der Waals surface area contributed by atoms with Gasteiger partial charge in [-0.2, -0.15) is 0 Å². The molecule has 8 heteroatoms. The average molecular weight is 298 g/mol. The molecule has 0 aromatic heterocycles. The number of amides is 2. The van der Waals surface area contributed by atoms with E-state index in [2.05, 4.69) is 5.32 Å². The highest BCUT2D eigenvalue weighted by Gasteiger charge is 2.24. The van der Waals surface area contributed by atoms with Gasteiger partial charge in [0.15, 0.2) is 11.6 Å². The van der Waals surface area contributed by atoms with E-state index in [-0.39, 0.29) is 25.3 Å². The van der Waals surface area contributed by atoms with Crippen LogP contribution in [0.4, 0.5) is 9.18 Å². The minimum Gasteiger partial charge on any atom is -0.505 e. The number of halogens is 1. The summed E-state index contributed by atoms with van der Waals surface area (Å²) >= 11 is 0. The second kappa shape index (κ2) is 6.40. The summed E-state index contributed by atoms with van der Waals surface area (Å²) in [6.45, 7) is 0.842. The van der Waals surface area contributed by atoms with Crippen molar-refractivity contribution in [3.05, 3.63) is 29.6 Å². The lowest BCUT2D eigenvalue weighted by Crippen LogP contribution is -2.49. The Kier molecular flexibility index (Phi) is 4.59. The van der Waals surface area contributed by atoms with E-state index >= 15 is 0 Å². The lowest BCUT2D eigenvalue weighted by atomic mass is 10.2. The van der Waals surface area contributed by atoms with Crippen molar-refractivity contribution in [2.24, 2.45) is 0 Å². The van der Waals surface area contributed by atoms with E-state index in [1.54, 1.807) is 0 Å². The predicted octanol–water partition coefficient (Wildman–Crippen LogP) is 0.640. The minimum absolute atomic E-state index is 0.0659. The first kappa shape index (κ1) is 15.0. The third kappa shape index (κ3) is 3.82. The molecule has 1 saturated heterocycles. The van der Waals surface area contributed by atoms with Gasteiger partial charge >= 0.3 is 6.09 Å². The Morgan fingerprint density at radius 2 is 2.24 bits per heavy atom. The van der Waals surface area contributed by atoms with Crippen molar-refractivity contribution < 1.29 is 28.9 Å². The number of ether oxygens (including phenoxy) is 1. The van der Waals surface area contributed by atoms with E-state index in [0.29, 0.717) is 6.54 Å². The van der Waals surface area contributed by atoms with Crippen molar-refractivity contribution >= 4 is 12.0 Å². The molecule has 1 aliphatic rings. The van der Waals surface area contributed by atoms with Crippen molar-refractivity contribution in [1.29, 1.82) is 0 Å². The van der Waals surface area contributed by atoms with E-state index in [0.717, 1.165) is 12.1 Å². The van der Waals surface area contributed by atoms with Gasteiger partial charge in [0.25, 0.3) is 5.91 Å². The maximum atomic E-state index is 13.1. The number of nitrogens with zero attached hydrogens (tertiary/aromatic N) is 1. The summed E-state index contributed by atoms with van der Waals surface area (Å²) in [4.78, 5) is 23.9. The number of nitrogens with one attached hydrogen (secondary N) is 1. The highest BCUT2D eigenvalue weighted by atomic mass is 19.1. The predicted molar refractivity (Wildman–Crippen MR) is 69.7 cm³/mol. The number of rotatable bonds is 3. The lowest BCUT2D eigenvalue weighted by molar-refractivity contribution is -0.0199. The van der Waals surface area contributed by atoms with E-state index in [1.807, 2.05) is 0 Å². The normalized spacial score (nSPS) is 18.3. The van der Waals surface area contributed by atoms with Crippen LogP contribution in [0.2, 0.25) is 0 Å². The first-order valence-corrected chi connectivity index (χ1v) is 6.33. The van der Waals surface area contributed by atoms with Gasteiger partial charge in [0.1, 0.15) is 0 Å². The number of carbonyl (C=O) groups is 2. The molecular weight excluding hydrogens is 283 g/mol. The van der Waals surface area contributed by atoms with Crippen LogP contribution in [0.3, 0.4) is 0 Å². The molecule has 1 heterocycles. The van der Waals surface area contributed by atoms with Gasteiger partial charge in [-0.15, -0.1) is 0 Å². The molecule has 1 aromatic rings. The Hall–Kier alpha value is -2.35. The number of benzene rings is 1. The molecule has 3 N–H and O–H groups in total. The molecule has 7 nitrogen and oxygen atoms in total. The second-order valence-corrected chi connectivity index (χ2v) is 4.60. The Labute approximate surface area is 119 Å². The standard InChI is InChI=1S/C13H15FN2O5/c14-10-5-8(1-2-11(10)17)12(18)15-6-9-7-16(13(19)20)3-4-21-9/h1-2,5,9,17H,3-4,6-7H2,(H,15,18)(H,19,20). The molecule has 1 unspecified atom stereocenters. The quantitative estimate of drug-likeness (QED) is 0.760. The summed E-state index contributed by atoms with van der Waals surface area (Å²) in [5.41, 5.74) is 0.0659. The number of phenolic OH excluding ortho intramolecular Hbond substituents is 1. The zero-order chi connectivity index (χ0) is 15.4. The van der Waals surface area contributed by atoms with Crippen LogP contribution in [0.1, 0.15) is 10.4 Å². The number of morpholine rings is 1. The number of carbonyl (C=O) groups excluding carboxylic acids is 1. The molecule has 1 aromatic carbocycles. The smallest absolute Gasteiger partial charge is 0.407 e. The fourth-order valence-electron chi connectivity index (χ4n) is 1.97. The van der Waals surface area contributed by atoms with Crippen molar-refractivity contribution in [3.63, 3.8) is 0 Å². The first-order valence-electron chi connectivity index (χ1n) is 6.33. The van der Waals surface area contributed by atoms with Gasteiger partial charge in [-0.3, -0.25) is 4.79 Å². The van der Waals surface area contributed by atoms with Crippen LogP contribution in [0.25, 0.3) is 0 Å². The fourth-order valence-corrected chi connectivity index (χ4v) is 1.97. The Morgan fingerprint density at radius 1 is 1.48 bits per heavy atom.